The normalized spacial score (nSPS) is 19.9. The Morgan fingerprint density at radius 2 is 1.37 bits per heavy atom. The Balaban J connectivity index is 1.49. The fourth-order valence-electron chi connectivity index (χ4n) is 5.17. The maximum Gasteiger partial charge on any atom is 0.119 e. The number of phenols is 3. The van der Waals surface area contributed by atoms with Crippen LogP contribution < -0.4 is 0 Å². The smallest absolute Gasteiger partial charge is 0.119 e. The average Bonchev–Trinajstić information content (AvgIpc) is 3.45. The molecule has 0 aliphatic heterocycles. The van der Waals surface area contributed by atoms with Crippen molar-refractivity contribution in [3.63, 3.8) is 0 Å². The number of rotatable bonds is 2. The first-order valence-corrected chi connectivity index (χ1v) is 10.2. The van der Waals surface area contributed by atoms with Crippen LogP contribution in [-0.2, 0) is 6.42 Å². The molecule has 2 unspecified atom stereocenters. The molecule has 0 aromatic heterocycles. The molecule has 3 aliphatic rings. The van der Waals surface area contributed by atoms with Gasteiger partial charge in [-0.2, -0.15) is 0 Å². The van der Waals surface area contributed by atoms with E-state index < -0.39 is 0 Å². The van der Waals surface area contributed by atoms with Crippen LogP contribution in [0.25, 0.3) is 18.2 Å². The van der Waals surface area contributed by atoms with Gasteiger partial charge in [-0.3, -0.25) is 0 Å². The Morgan fingerprint density at radius 3 is 2.20 bits per heavy atom. The maximum atomic E-state index is 10.6. The Hall–Kier alpha value is -3.72. The van der Waals surface area contributed by atoms with E-state index >= 15 is 0 Å². The van der Waals surface area contributed by atoms with E-state index in [1.165, 1.54) is 0 Å². The largest absolute Gasteiger partial charge is 0.508 e. The first-order valence-electron chi connectivity index (χ1n) is 10.2. The topological polar surface area (TPSA) is 60.7 Å². The average molecular weight is 392 g/mol. The van der Waals surface area contributed by atoms with E-state index in [0.29, 0.717) is 5.75 Å². The first-order chi connectivity index (χ1) is 14.6. The van der Waals surface area contributed by atoms with Gasteiger partial charge in [0.25, 0.3) is 0 Å². The number of allylic oxidation sites excluding steroid dienone is 3. The molecule has 0 amide bonds. The van der Waals surface area contributed by atoms with Gasteiger partial charge in [-0.15, -0.1) is 0 Å². The van der Waals surface area contributed by atoms with Gasteiger partial charge in [-0.1, -0.05) is 48.6 Å². The van der Waals surface area contributed by atoms with Crippen molar-refractivity contribution in [2.45, 2.75) is 18.3 Å². The van der Waals surface area contributed by atoms with E-state index in [-0.39, 0.29) is 23.3 Å². The summed E-state index contributed by atoms with van der Waals surface area (Å²) in [4.78, 5) is 0. The minimum absolute atomic E-state index is 0.0348. The molecule has 3 N–H and O–H groups in total. The quantitative estimate of drug-likeness (QED) is 0.525. The molecule has 3 nitrogen and oxygen atoms in total. The van der Waals surface area contributed by atoms with E-state index in [2.05, 4.69) is 30.4 Å². The lowest BCUT2D eigenvalue weighted by molar-refractivity contribution is 0.469. The zero-order valence-corrected chi connectivity index (χ0v) is 16.2. The van der Waals surface area contributed by atoms with Gasteiger partial charge in [0.1, 0.15) is 17.2 Å². The molecule has 0 saturated heterocycles. The van der Waals surface area contributed by atoms with Gasteiger partial charge >= 0.3 is 0 Å². The lowest BCUT2D eigenvalue weighted by atomic mass is 9.84. The van der Waals surface area contributed by atoms with Crippen molar-refractivity contribution in [3.05, 3.63) is 105 Å². The molecule has 0 radical (unpaired) electrons. The van der Waals surface area contributed by atoms with Gasteiger partial charge in [-0.05, 0) is 75.7 Å². The summed E-state index contributed by atoms with van der Waals surface area (Å²) in [6.45, 7) is 0. The van der Waals surface area contributed by atoms with E-state index in [0.717, 1.165) is 50.9 Å². The summed E-state index contributed by atoms with van der Waals surface area (Å²) < 4.78 is 0. The predicted molar refractivity (Wildman–Crippen MR) is 119 cm³/mol. The first kappa shape index (κ1) is 17.2. The second-order valence-electron chi connectivity index (χ2n) is 8.20. The SMILES string of the molecule is Oc1ccc2c(c1)C=CC2c1cc(O)cc2c1C=CC2c1ccc(O)c2c1C=CC2. The van der Waals surface area contributed by atoms with Gasteiger partial charge in [0.2, 0.25) is 0 Å². The van der Waals surface area contributed by atoms with Gasteiger partial charge in [0.05, 0.1) is 0 Å². The summed E-state index contributed by atoms with van der Waals surface area (Å²) >= 11 is 0. The van der Waals surface area contributed by atoms with Crippen molar-refractivity contribution < 1.29 is 15.3 Å². The number of aromatic hydroxyl groups is 3. The second-order valence-corrected chi connectivity index (χ2v) is 8.20. The minimum atomic E-state index is 0.0348. The zero-order chi connectivity index (χ0) is 20.4. The van der Waals surface area contributed by atoms with Crippen molar-refractivity contribution in [3.8, 4) is 17.2 Å². The van der Waals surface area contributed by atoms with Crippen molar-refractivity contribution in [2.24, 2.45) is 0 Å². The maximum absolute atomic E-state index is 10.6. The van der Waals surface area contributed by atoms with Crippen LogP contribution in [0.3, 0.4) is 0 Å². The van der Waals surface area contributed by atoms with Gasteiger partial charge in [-0.25, -0.2) is 0 Å². The molecule has 3 aliphatic carbocycles. The van der Waals surface area contributed by atoms with Crippen molar-refractivity contribution in [1.82, 2.24) is 0 Å². The van der Waals surface area contributed by atoms with E-state index in [4.69, 9.17) is 0 Å². The molecule has 0 spiro atoms. The van der Waals surface area contributed by atoms with Crippen molar-refractivity contribution in [2.75, 3.05) is 0 Å². The highest BCUT2D eigenvalue weighted by atomic mass is 16.3. The molecule has 0 heterocycles. The van der Waals surface area contributed by atoms with E-state index in [9.17, 15) is 15.3 Å². The lowest BCUT2D eigenvalue weighted by Gasteiger charge is -2.20. The summed E-state index contributed by atoms with van der Waals surface area (Å²) in [5, 5.41) is 30.6. The molecule has 3 aromatic carbocycles. The molecule has 6 rings (SSSR count). The van der Waals surface area contributed by atoms with Gasteiger partial charge in [0, 0.05) is 17.4 Å². The fraction of sp³-hybridized carbons (Fsp3) is 0.111. The van der Waals surface area contributed by atoms with Gasteiger partial charge < -0.3 is 15.3 Å². The standard InChI is InChI=1S/C27H20O3/c28-16-5-7-18-15(12-16)4-6-20(18)25-13-17(29)14-26-22(8-9-23(25)26)21-10-11-27(30)24-3-1-2-19(21)24/h1-2,4-14,20,22,28-30H,3H2. The molecule has 3 heteroatoms. The number of phenolic OH excluding ortho intramolecular Hbond substituents is 3. The molecule has 3 aromatic rings. The molecular formula is C27H20O3. The Labute approximate surface area is 174 Å². The Kier molecular flexibility index (Phi) is 3.51. The highest BCUT2D eigenvalue weighted by Gasteiger charge is 2.30. The molecule has 146 valence electrons. The molecule has 0 bridgehead atoms. The van der Waals surface area contributed by atoms with E-state index in [1.807, 2.05) is 30.3 Å². The summed E-state index contributed by atoms with van der Waals surface area (Å²) in [7, 11) is 0. The predicted octanol–water partition coefficient (Wildman–Crippen LogP) is 5.69. The van der Waals surface area contributed by atoms with Crippen LogP contribution in [0, 0.1) is 0 Å². The molecule has 30 heavy (non-hydrogen) atoms. The van der Waals surface area contributed by atoms with Crippen LogP contribution >= 0.6 is 0 Å². The third kappa shape index (κ3) is 2.38. The summed E-state index contributed by atoms with van der Waals surface area (Å²) in [6, 6.07) is 12.9. The van der Waals surface area contributed by atoms with Crippen LogP contribution in [0.1, 0.15) is 56.3 Å². The van der Waals surface area contributed by atoms with Crippen LogP contribution in [0.5, 0.6) is 17.2 Å². The second kappa shape index (κ2) is 6.14. The number of fused-ring (bicyclic) bond motifs is 3. The number of benzene rings is 3. The minimum Gasteiger partial charge on any atom is -0.508 e. The monoisotopic (exact) mass is 392 g/mol. The summed E-state index contributed by atoms with van der Waals surface area (Å²) in [5.74, 6) is 0.926. The third-order valence-corrected chi connectivity index (χ3v) is 6.54. The van der Waals surface area contributed by atoms with Crippen LogP contribution in [0.15, 0.2) is 60.7 Å². The van der Waals surface area contributed by atoms with Crippen LogP contribution in [-0.4, -0.2) is 15.3 Å². The molecule has 0 saturated carbocycles. The van der Waals surface area contributed by atoms with Crippen LogP contribution in [0.4, 0.5) is 0 Å². The van der Waals surface area contributed by atoms with Crippen LogP contribution in [0.2, 0.25) is 0 Å². The van der Waals surface area contributed by atoms with Crippen molar-refractivity contribution >= 4 is 18.2 Å². The molecular weight excluding hydrogens is 372 g/mol. The third-order valence-electron chi connectivity index (χ3n) is 6.54. The fourth-order valence-corrected chi connectivity index (χ4v) is 5.17. The number of hydrogen-bond acceptors (Lipinski definition) is 3. The van der Waals surface area contributed by atoms with Gasteiger partial charge in [0.15, 0.2) is 0 Å². The highest BCUT2D eigenvalue weighted by Crippen LogP contribution is 2.47. The zero-order valence-electron chi connectivity index (χ0n) is 16.2. The summed E-state index contributed by atoms with van der Waals surface area (Å²) in [6.07, 6.45) is 13.4. The van der Waals surface area contributed by atoms with Crippen molar-refractivity contribution in [1.29, 1.82) is 0 Å². The van der Waals surface area contributed by atoms with E-state index in [1.54, 1.807) is 18.2 Å². The summed E-state index contributed by atoms with van der Waals surface area (Å²) in [5.41, 5.74) is 8.64. The molecule has 2 atom stereocenters. The Bertz CT molecular complexity index is 1310. The lowest BCUT2D eigenvalue weighted by Crippen LogP contribution is -2.04. The molecule has 0 fully saturated rings. The highest BCUT2D eigenvalue weighted by molar-refractivity contribution is 5.77. The Morgan fingerprint density at radius 1 is 0.633 bits per heavy atom. The number of hydrogen-bond donors (Lipinski definition) is 3.